The second-order valence-electron chi connectivity index (χ2n) is 6.49. The van der Waals surface area contributed by atoms with Crippen LogP contribution in [0.25, 0.3) is 0 Å². The minimum absolute atomic E-state index is 0.0161. The summed E-state index contributed by atoms with van der Waals surface area (Å²) in [6, 6.07) is 1.14. The van der Waals surface area contributed by atoms with Crippen molar-refractivity contribution in [3.8, 4) is 11.5 Å². The predicted molar refractivity (Wildman–Crippen MR) is 82.8 cm³/mol. The lowest BCUT2D eigenvalue weighted by Gasteiger charge is -2.19. The molecule has 4 nitrogen and oxygen atoms in total. The van der Waals surface area contributed by atoms with Crippen LogP contribution >= 0.6 is 0 Å². The van der Waals surface area contributed by atoms with E-state index in [-0.39, 0.29) is 22.6 Å². The van der Waals surface area contributed by atoms with Crippen molar-refractivity contribution in [2.45, 2.75) is 58.7 Å². The van der Waals surface area contributed by atoms with Gasteiger partial charge in [-0.2, -0.15) is 0 Å². The molecule has 1 aromatic carbocycles. The van der Waals surface area contributed by atoms with Crippen LogP contribution in [0.1, 0.15) is 28.7 Å². The lowest BCUT2D eigenvalue weighted by molar-refractivity contribution is 0.249. The number of aliphatic hydroxyl groups is 2. The van der Waals surface area contributed by atoms with E-state index < -0.39 is 21.3 Å². The second kappa shape index (κ2) is 6.61. The van der Waals surface area contributed by atoms with Crippen LogP contribution in [0, 0.1) is 6.92 Å². The quantitative estimate of drug-likeness (QED) is 0.481. The van der Waals surface area contributed by atoms with E-state index in [4.69, 9.17) is 0 Å². The molecule has 0 atom stereocenters. The molecular weight excluding hydrogens is 272 g/mol. The lowest BCUT2D eigenvalue weighted by Crippen LogP contribution is -2.19. The highest BCUT2D eigenvalue weighted by molar-refractivity contribution is 6.76. The van der Waals surface area contributed by atoms with Crippen molar-refractivity contribution < 1.29 is 20.4 Å². The van der Waals surface area contributed by atoms with Crippen molar-refractivity contribution in [3.63, 3.8) is 0 Å². The van der Waals surface area contributed by atoms with Crippen molar-refractivity contribution in [2.75, 3.05) is 0 Å². The van der Waals surface area contributed by atoms with E-state index in [2.05, 4.69) is 19.6 Å². The van der Waals surface area contributed by atoms with Gasteiger partial charge in [-0.3, -0.25) is 0 Å². The lowest BCUT2D eigenvalue weighted by atomic mass is 9.94. The molecule has 0 heterocycles. The Morgan fingerprint density at radius 1 is 0.850 bits per heavy atom. The van der Waals surface area contributed by atoms with Gasteiger partial charge in [0.2, 0.25) is 0 Å². The van der Waals surface area contributed by atoms with Crippen molar-refractivity contribution in [3.05, 3.63) is 22.3 Å². The normalized spacial score (nSPS) is 11.9. The van der Waals surface area contributed by atoms with E-state index in [0.29, 0.717) is 17.5 Å². The second-order valence-corrected chi connectivity index (χ2v) is 12.1. The van der Waals surface area contributed by atoms with E-state index in [1.165, 1.54) is 0 Å². The average Bonchev–Trinajstić information content (AvgIpc) is 2.36. The molecule has 1 aromatic rings. The fraction of sp³-hybridized carbons (Fsp3) is 0.600. The zero-order valence-electron chi connectivity index (χ0n) is 12.8. The monoisotopic (exact) mass is 298 g/mol. The van der Waals surface area contributed by atoms with Gasteiger partial charge in [-0.05, 0) is 18.9 Å². The van der Waals surface area contributed by atoms with Crippen molar-refractivity contribution >= 4 is 8.07 Å². The van der Waals surface area contributed by atoms with E-state index in [0.717, 1.165) is 12.5 Å². The Morgan fingerprint density at radius 3 is 1.80 bits per heavy atom. The number of rotatable bonds is 6. The van der Waals surface area contributed by atoms with Gasteiger partial charge < -0.3 is 20.4 Å². The van der Waals surface area contributed by atoms with Crippen LogP contribution in [0.2, 0.25) is 25.7 Å². The molecule has 0 aliphatic rings. The fourth-order valence-corrected chi connectivity index (χ4v) is 3.69. The highest BCUT2D eigenvalue weighted by atomic mass is 28.3. The van der Waals surface area contributed by atoms with E-state index >= 15 is 0 Å². The first-order valence-corrected chi connectivity index (χ1v) is 10.7. The van der Waals surface area contributed by atoms with Crippen LogP contribution in [-0.2, 0) is 19.6 Å². The van der Waals surface area contributed by atoms with Gasteiger partial charge >= 0.3 is 0 Å². The third-order valence-corrected chi connectivity index (χ3v) is 5.55. The van der Waals surface area contributed by atoms with Gasteiger partial charge in [0.05, 0.1) is 13.2 Å². The summed E-state index contributed by atoms with van der Waals surface area (Å²) in [7, 11) is -1.13. The van der Waals surface area contributed by atoms with Gasteiger partial charge in [0.1, 0.15) is 11.5 Å². The van der Waals surface area contributed by atoms with Crippen LogP contribution in [0.15, 0.2) is 0 Å². The molecular formula is C15H26O4Si. The Balaban J connectivity index is 3.11. The summed E-state index contributed by atoms with van der Waals surface area (Å²) in [6.45, 7) is 7.84. The molecule has 0 saturated carbocycles. The number of phenols is 2. The van der Waals surface area contributed by atoms with Crippen LogP contribution in [0.4, 0.5) is 0 Å². The summed E-state index contributed by atoms with van der Waals surface area (Å²) in [5.74, 6) is -0.000204. The van der Waals surface area contributed by atoms with Crippen molar-refractivity contribution in [1.82, 2.24) is 0 Å². The summed E-state index contributed by atoms with van der Waals surface area (Å²) < 4.78 is 0. The molecule has 1 rings (SSSR count). The van der Waals surface area contributed by atoms with Crippen molar-refractivity contribution in [2.24, 2.45) is 0 Å². The zero-order valence-corrected chi connectivity index (χ0v) is 13.8. The minimum Gasteiger partial charge on any atom is -0.507 e. The number of aromatic hydroxyl groups is 2. The molecule has 0 aliphatic heterocycles. The van der Waals surface area contributed by atoms with Crippen LogP contribution in [0.3, 0.4) is 0 Å². The Hall–Kier alpha value is -1.04. The van der Waals surface area contributed by atoms with Gasteiger partial charge in [0, 0.05) is 24.8 Å². The number of benzene rings is 1. The number of aliphatic hydroxyl groups excluding tert-OH is 2. The summed E-state index contributed by atoms with van der Waals surface area (Å²) in [5.41, 5.74) is 1.73. The smallest absolute Gasteiger partial charge is 0.125 e. The highest BCUT2D eigenvalue weighted by Crippen LogP contribution is 2.38. The highest BCUT2D eigenvalue weighted by Gasteiger charge is 2.21. The fourth-order valence-electron chi connectivity index (χ4n) is 2.46. The number of hydrogen-bond donors (Lipinski definition) is 4. The van der Waals surface area contributed by atoms with E-state index in [1.807, 2.05) is 0 Å². The summed E-state index contributed by atoms with van der Waals surface area (Å²) in [5, 5.41) is 39.0. The average molecular weight is 298 g/mol. The first-order chi connectivity index (χ1) is 9.22. The third kappa shape index (κ3) is 3.74. The third-order valence-electron chi connectivity index (χ3n) is 3.70. The molecule has 0 aromatic heterocycles. The molecule has 0 amide bonds. The molecule has 0 unspecified atom stereocenters. The Kier molecular flexibility index (Phi) is 5.62. The summed E-state index contributed by atoms with van der Waals surface area (Å²) >= 11 is 0. The van der Waals surface area contributed by atoms with Crippen LogP contribution < -0.4 is 0 Å². The molecule has 5 heteroatoms. The SMILES string of the molecule is Cc1c(O)c(CO)c(CO)c(O)c1CCC[Si](C)(C)C. The maximum absolute atomic E-state index is 10.3. The first kappa shape index (κ1) is 17.0. The van der Waals surface area contributed by atoms with E-state index in [1.54, 1.807) is 6.92 Å². The Bertz CT molecular complexity index is 478. The van der Waals surface area contributed by atoms with Crippen molar-refractivity contribution in [1.29, 1.82) is 0 Å². The molecule has 0 fully saturated rings. The molecule has 0 aliphatic carbocycles. The molecule has 0 spiro atoms. The summed E-state index contributed by atoms with van der Waals surface area (Å²) in [6.07, 6.45) is 1.63. The van der Waals surface area contributed by atoms with Gasteiger partial charge in [0.15, 0.2) is 0 Å². The van der Waals surface area contributed by atoms with Gasteiger partial charge in [-0.25, -0.2) is 0 Å². The molecule has 4 N–H and O–H groups in total. The Morgan fingerprint density at radius 2 is 1.35 bits per heavy atom. The van der Waals surface area contributed by atoms with E-state index in [9.17, 15) is 20.4 Å². The Labute approximate surface area is 121 Å². The molecule has 20 heavy (non-hydrogen) atoms. The zero-order chi connectivity index (χ0) is 15.5. The first-order valence-electron chi connectivity index (χ1n) is 6.99. The summed E-state index contributed by atoms with van der Waals surface area (Å²) in [4.78, 5) is 0. The van der Waals surface area contributed by atoms with Crippen LogP contribution in [0.5, 0.6) is 11.5 Å². The number of hydrogen-bond acceptors (Lipinski definition) is 4. The van der Waals surface area contributed by atoms with Gasteiger partial charge in [-0.15, -0.1) is 0 Å². The minimum atomic E-state index is -1.13. The largest absolute Gasteiger partial charge is 0.507 e. The molecule has 0 saturated heterocycles. The van der Waals surface area contributed by atoms with Gasteiger partial charge in [0.25, 0.3) is 0 Å². The standard InChI is InChI=1S/C15H26O4Si/c1-10-11(6-5-7-20(2,3)4)15(19)13(9-17)12(8-16)14(10)18/h16-19H,5-9H2,1-4H3. The topological polar surface area (TPSA) is 80.9 Å². The predicted octanol–water partition coefficient (Wildman–Crippen LogP) is 2.66. The van der Waals surface area contributed by atoms with Crippen LogP contribution in [-0.4, -0.2) is 28.5 Å². The molecule has 114 valence electrons. The maximum atomic E-state index is 10.3. The molecule has 0 radical (unpaired) electrons. The van der Waals surface area contributed by atoms with Gasteiger partial charge in [-0.1, -0.05) is 32.1 Å². The molecule has 0 bridgehead atoms. The maximum Gasteiger partial charge on any atom is 0.125 e.